The lowest BCUT2D eigenvalue weighted by Gasteiger charge is -1.99. The van der Waals surface area contributed by atoms with Crippen LogP contribution in [-0.2, 0) is 0 Å². The van der Waals surface area contributed by atoms with Gasteiger partial charge in [0.05, 0.1) is 22.2 Å². The average molecular weight is 338 g/mol. The molecule has 4 aromatic rings. The van der Waals surface area contributed by atoms with E-state index in [2.05, 4.69) is 9.97 Å². The summed E-state index contributed by atoms with van der Waals surface area (Å²) in [5.74, 6) is 0.779. The van der Waals surface area contributed by atoms with Gasteiger partial charge in [0.1, 0.15) is 17.9 Å². The van der Waals surface area contributed by atoms with Crippen LogP contribution in [0.2, 0.25) is 0 Å². The number of hydrogen-bond acceptors (Lipinski definition) is 4. The highest BCUT2D eigenvalue weighted by atomic mass is 16.5. The zero-order valence-corrected chi connectivity index (χ0v) is 13.8. The maximum absolute atomic E-state index is 8.45. The molecule has 1 N–H and O–H groups in total. The minimum atomic E-state index is 0.435. The van der Waals surface area contributed by atoms with Crippen molar-refractivity contribution in [3.05, 3.63) is 90.0 Å². The zero-order valence-electron chi connectivity index (χ0n) is 13.8. The summed E-state index contributed by atoms with van der Waals surface area (Å²) in [6.07, 6.45) is 0. The van der Waals surface area contributed by atoms with Crippen LogP contribution in [0.5, 0.6) is 11.8 Å². The summed E-state index contributed by atoms with van der Waals surface area (Å²) in [5, 5.41) is 16.9. The highest BCUT2D eigenvalue weighted by Gasteiger charge is 2.03. The SMILES string of the molecule is N#Cc1ccccc1C#N.c1ccc(Oc2nc3ccccc3[nH]2)cc1. The van der Waals surface area contributed by atoms with Crippen LogP contribution in [0.15, 0.2) is 78.9 Å². The Bertz CT molecular complexity index is 1020. The van der Waals surface area contributed by atoms with Gasteiger partial charge in [-0.05, 0) is 36.4 Å². The number of hydrogen-bond donors (Lipinski definition) is 1. The summed E-state index contributed by atoms with van der Waals surface area (Å²) in [7, 11) is 0. The minimum absolute atomic E-state index is 0.435. The topological polar surface area (TPSA) is 85.5 Å². The van der Waals surface area contributed by atoms with Crippen molar-refractivity contribution in [1.29, 1.82) is 10.5 Å². The smallest absolute Gasteiger partial charge is 0.300 e. The molecular weight excluding hydrogens is 324 g/mol. The van der Waals surface area contributed by atoms with Crippen molar-refractivity contribution in [2.45, 2.75) is 0 Å². The Balaban J connectivity index is 0.000000170. The Morgan fingerprint density at radius 2 is 1.31 bits per heavy atom. The highest BCUT2D eigenvalue weighted by Crippen LogP contribution is 2.20. The zero-order chi connectivity index (χ0) is 18.2. The number of rotatable bonds is 2. The Kier molecular flexibility index (Phi) is 5.25. The number of benzene rings is 3. The third-order valence-corrected chi connectivity index (χ3v) is 3.49. The molecule has 124 valence electrons. The molecule has 0 radical (unpaired) electrons. The molecule has 0 bridgehead atoms. The van der Waals surface area contributed by atoms with Crippen molar-refractivity contribution in [3.63, 3.8) is 0 Å². The molecule has 26 heavy (non-hydrogen) atoms. The van der Waals surface area contributed by atoms with E-state index < -0.39 is 0 Å². The molecule has 5 heteroatoms. The number of H-pyrrole nitrogens is 1. The molecule has 0 saturated heterocycles. The molecule has 0 amide bonds. The highest BCUT2D eigenvalue weighted by molar-refractivity contribution is 5.75. The van der Waals surface area contributed by atoms with Crippen LogP contribution in [0.1, 0.15) is 11.1 Å². The third kappa shape index (κ3) is 4.05. The molecular formula is C21H14N4O. The molecule has 1 aromatic heterocycles. The first-order valence-corrected chi connectivity index (χ1v) is 7.87. The van der Waals surface area contributed by atoms with Crippen molar-refractivity contribution >= 4 is 11.0 Å². The number of ether oxygens (including phenoxy) is 1. The standard InChI is InChI=1S/C13H10N2O.C8H4N2/c1-2-6-10(7-3-1)16-13-14-11-8-4-5-9-12(11)15-13;9-5-7-3-1-2-4-8(7)6-10/h1-9H,(H,14,15);1-4H. The number of fused-ring (bicyclic) bond motifs is 1. The van der Waals surface area contributed by atoms with Gasteiger partial charge in [-0.3, -0.25) is 0 Å². The summed E-state index contributed by atoms with van der Waals surface area (Å²) < 4.78 is 5.60. The lowest BCUT2D eigenvalue weighted by Crippen LogP contribution is -1.84. The van der Waals surface area contributed by atoms with Crippen LogP contribution < -0.4 is 4.74 Å². The number of imidazole rings is 1. The van der Waals surface area contributed by atoms with Gasteiger partial charge in [-0.1, -0.05) is 42.5 Å². The van der Waals surface area contributed by atoms with Gasteiger partial charge in [-0.2, -0.15) is 15.5 Å². The van der Waals surface area contributed by atoms with Crippen molar-refractivity contribution in [2.75, 3.05) is 0 Å². The predicted octanol–water partition coefficient (Wildman–Crippen LogP) is 4.79. The van der Waals surface area contributed by atoms with Gasteiger partial charge in [-0.25, -0.2) is 0 Å². The van der Waals surface area contributed by atoms with E-state index in [-0.39, 0.29) is 0 Å². The first-order chi connectivity index (χ1) is 12.8. The molecule has 0 unspecified atom stereocenters. The number of para-hydroxylation sites is 3. The van der Waals surface area contributed by atoms with E-state index in [1.165, 1.54) is 0 Å². The van der Waals surface area contributed by atoms with E-state index in [4.69, 9.17) is 15.3 Å². The van der Waals surface area contributed by atoms with Crippen LogP contribution in [0.25, 0.3) is 11.0 Å². The second-order valence-corrected chi connectivity index (χ2v) is 5.24. The fourth-order valence-corrected chi connectivity index (χ4v) is 2.26. The van der Waals surface area contributed by atoms with Crippen molar-refractivity contribution in [3.8, 4) is 23.9 Å². The Labute approximate surface area is 150 Å². The van der Waals surface area contributed by atoms with E-state index >= 15 is 0 Å². The second-order valence-electron chi connectivity index (χ2n) is 5.24. The molecule has 0 aliphatic rings. The molecule has 0 aliphatic carbocycles. The van der Waals surface area contributed by atoms with Crippen LogP contribution in [0.4, 0.5) is 0 Å². The molecule has 0 fully saturated rings. The third-order valence-electron chi connectivity index (χ3n) is 3.49. The lowest BCUT2D eigenvalue weighted by atomic mass is 10.1. The summed E-state index contributed by atoms with van der Waals surface area (Å²) in [6, 6.07) is 28.5. The molecule has 4 rings (SSSR count). The van der Waals surface area contributed by atoms with E-state index in [1.807, 2.05) is 66.7 Å². The van der Waals surface area contributed by atoms with Gasteiger partial charge in [0.2, 0.25) is 0 Å². The maximum Gasteiger partial charge on any atom is 0.300 e. The Morgan fingerprint density at radius 1 is 0.731 bits per heavy atom. The fourth-order valence-electron chi connectivity index (χ4n) is 2.26. The maximum atomic E-state index is 8.45. The summed E-state index contributed by atoms with van der Waals surface area (Å²) in [5.41, 5.74) is 2.76. The quantitative estimate of drug-likeness (QED) is 0.569. The van der Waals surface area contributed by atoms with Gasteiger partial charge in [-0.15, -0.1) is 0 Å². The molecule has 5 nitrogen and oxygen atoms in total. The molecule has 0 atom stereocenters. The van der Waals surface area contributed by atoms with Crippen molar-refractivity contribution in [1.82, 2.24) is 9.97 Å². The molecule has 0 spiro atoms. The summed E-state index contributed by atoms with van der Waals surface area (Å²) in [6.45, 7) is 0. The van der Waals surface area contributed by atoms with E-state index in [1.54, 1.807) is 24.3 Å². The van der Waals surface area contributed by atoms with Crippen molar-refractivity contribution in [2.24, 2.45) is 0 Å². The summed E-state index contributed by atoms with van der Waals surface area (Å²) in [4.78, 5) is 7.44. The normalized spacial score (nSPS) is 9.46. The van der Waals surface area contributed by atoms with E-state index in [0.29, 0.717) is 17.1 Å². The molecule has 0 aliphatic heterocycles. The molecule has 0 saturated carbocycles. The lowest BCUT2D eigenvalue weighted by molar-refractivity contribution is 0.449. The molecule has 3 aromatic carbocycles. The number of aromatic nitrogens is 2. The first-order valence-electron chi connectivity index (χ1n) is 7.87. The minimum Gasteiger partial charge on any atom is -0.426 e. The summed E-state index contributed by atoms with van der Waals surface area (Å²) >= 11 is 0. The number of nitrogens with zero attached hydrogens (tertiary/aromatic N) is 3. The monoisotopic (exact) mass is 338 g/mol. The number of nitriles is 2. The van der Waals surface area contributed by atoms with Gasteiger partial charge in [0.15, 0.2) is 0 Å². The van der Waals surface area contributed by atoms with Gasteiger partial charge in [0, 0.05) is 0 Å². The van der Waals surface area contributed by atoms with E-state index in [9.17, 15) is 0 Å². The molecule has 1 heterocycles. The van der Waals surface area contributed by atoms with E-state index in [0.717, 1.165) is 16.8 Å². The van der Waals surface area contributed by atoms with Crippen LogP contribution >= 0.6 is 0 Å². The van der Waals surface area contributed by atoms with Gasteiger partial charge < -0.3 is 9.72 Å². The number of nitrogens with one attached hydrogen (secondary N) is 1. The number of aromatic amines is 1. The van der Waals surface area contributed by atoms with Crippen molar-refractivity contribution < 1.29 is 4.74 Å². The first kappa shape index (κ1) is 16.8. The second kappa shape index (κ2) is 8.14. The van der Waals surface area contributed by atoms with Crippen LogP contribution in [0.3, 0.4) is 0 Å². The average Bonchev–Trinajstić information content (AvgIpc) is 3.11. The van der Waals surface area contributed by atoms with Gasteiger partial charge >= 0.3 is 0 Å². The predicted molar refractivity (Wildman–Crippen MR) is 98.5 cm³/mol. The largest absolute Gasteiger partial charge is 0.426 e. The van der Waals surface area contributed by atoms with Crippen LogP contribution in [-0.4, -0.2) is 9.97 Å². The Hall–Kier alpha value is -4.09. The van der Waals surface area contributed by atoms with Crippen LogP contribution in [0, 0.1) is 22.7 Å². The Morgan fingerprint density at radius 3 is 1.92 bits per heavy atom. The van der Waals surface area contributed by atoms with Gasteiger partial charge in [0.25, 0.3) is 6.01 Å². The fraction of sp³-hybridized carbons (Fsp3) is 0.